The number of sulfonamides is 1. The normalized spacial score (nSPS) is 23.7. The molecular formula is C12H18N2O3S. The molecular weight excluding hydrogens is 252 g/mol. The first-order valence-corrected chi connectivity index (χ1v) is 7.41. The van der Waals surface area contributed by atoms with Gasteiger partial charge in [-0.25, -0.2) is 13.1 Å². The van der Waals surface area contributed by atoms with Crippen molar-refractivity contribution in [3.05, 3.63) is 23.8 Å². The predicted molar refractivity (Wildman–Crippen MR) is 69.5 cm³/mol. The number of nitrogen functional groups attached to an aromatic ring is 1. The molecule has 0 spiro atoms. The number of hydrogen-bond donors (Lipinski definition) is 3. The van der Waals surface area contributed by atoms with Gasteiger partial charge < -0.3 is 10.8 Å². The Hall–Kier alpha value is -1.11. The lowest BCUT2D eigenvalue weighted by molar-refractivity contribution is 0.0453. The van der Waals surface area contributed by atoms with Crippen LogP contribution in [0.4, 0.5) is 5.69 Å². The van der Waals surface area contributed by atoms with Gasteiger partial charge in [0, 0.05) is 12.2 Å². The summed E-state index contributed by atoms with van der Waals surface area (Å²) in [4.78, 5) is 0.224. The number of hydrogen-bond acceptors (Lipinski definition) is 4. The molecule has 0 amide bonds. The molecule has 5 nitrogen and oxygen atoms in total. The van der Waals surface area contributed by atoms with Crippen molar-refractivity contribution in [2.75, 3.05) is 12.3 Å². The van der Waals surface area contributed by atoms with Crippen molar-refractivity contribution < 1.29 is 13.5 Å². The number of rotatable bonds is 4. The summed E-state index contributed by atoms with van der Waals surface area (Å²) in [5, 5.41) is 9.15. The van der Waals surface area contributed by atoms with Crippen molar-refractivity contribution in [3.8, 4) is 0 Å². The van der Waals surface area contributed by atoms with Gasteiger partial charge in [0.1, 0.15) is 0 Å². The van der Waals surface area contributed by atoms with E-state index in [4.69, 9.17) is 10.8 Å². The van der Waals surface area contributed by atoms with Gasteiger partial charge in [0.05, 0.1) is 11.0 Å². The number of aliphatic hydroxyl groups is 1. The van der Waals surface area contributed by atoms with E-state index in [0.717, 1.165) is 0 Å². The van der Waals surface area contributed by atoms with Crippen molar-refractivity contribution in [1.82, 2.24) is 4.72 Å². The molecule has 0 heterocycles. The maximum absolute atomic E-state index is 12.1. The smallest absolute Gasteiger partial charge is 0.240 e. The topological polar surface area (TPSA) is 92.4 Å². The average molecular weight is 270 g/mol. The predicted octanol–water partition coefficient (Wildman–Crippen LogP) is 0.626. The van der Waals surface area contributed by atoms with Crippen LogP contribution >= 0.6 is 0 Å². The third-order valence-electron chi connectivity index (χ3n) is 3.39. The van der Waals surface area contributed by atoms with E-state index < -0.39 is 10.0 Å². The second-order valence-electron chi connectivity index (χ2n) is 4.81. The van der Waals surface area contributed by atoms with Gasteiger partial charge in [0.25, 0.3) is 0 Å². The third-order valence-corrected chi connectivity index (χ3v) is 4.96. The second kappa shape index (κ2) is 4.87. The summed E-state index contributed by atoms with van der Waals surface area (Å²) in [5.74, 6) is 0.233. The molecule has 0 radical (unpaired) electrons. The van der Waals surface area contributed by atoms with Gasteiger partial charge in [-0.3, -0.25) is 0 Å². The van der Waals surface area contributed by atoms with Gasteiger partial charge in [-0.05, 0) is 43.4 Å². The summed E-state index contributed by atoms with van der Waals surface area (Å²) in [7, 11) is -3.51. The summed E-state index contributed by atoms with van der Waals surface area (Å²) in [5.41, 5.74) is 6.74. The van der Waals surface area contributed by atoms with E-state index >= 15 is 0 Å². The van der Waals surface area contributed by atoms with Crippen LogP contribution in [0.15, 0.2) is 23.1 Å². The lowest BCUT2D eigenvalue weighted by Gasteiger charge is -2.31. The van der Waals surface area contributed by atoms with E-state index in [-0.39, 0.29) is 16.9 Å². The van der Waals surface area contributed by atoms with Crippen LogP contribution in [0.3, 0.4) is 0 Å². The molecule has 0 atom stereocenters. The van der Waals surface area contributed by atoms with E-state index in [1.807, 2.05) is 0 Å². The molecule has 1 fully saturated rings. The lowest BCUT2D eigenvalue weighted by Crippen LogP contribution is -2.38. The van der Waals surface area contributed by atoms with Gasteiger partial charge in [0.15, 0.2) is 0 Å². The van der Waals surface area contributed by atoms with Gasteiger partial charge in [-0.15, -0.1) is 0 Å². The zero-order chi connectivity index (χ0) is 13.3. The molecule has 6 heteroatoms. The van der Waals surface area contributed by atoms with Crippen molar-refractivity contribution in [2.24, 2.45) is 5.92 Å². The molecule has 1 saturated carbocycles. The van der Waals surface area contributed by atoms with Crippen LogP contribution in [-0.4, -0.2) is 26.2 Å². The van der Waals surface area contributed by atoms with Crippen LogP contribution in [0.5, 0.6) is 0 Å². The van der Waals surface area contributed by atoms with Crippen LogP contribution in [0.2, 0.25) is 0 Å². The van der Waals surface area contributed by atoms with Crippen LogP contribution < -0.4 is 10.5 Å². The molecule has 1 aromatic rings. The van der Waals surface area contributed by atoms with Gasteiger partial charge in [-0.2, -0.15) is 0 Å². The standard InChI is InChI=1S/C12H18N2O3S/c1-8-11(13)3-2-4-12(8)18(16,17)14-7-9-5-10(15)6-9/h2-4,9-10,14-15H,5-7,13H2,1H3. The highest BCUT2D eigenvalue weighted by molar-refractivity contribution is 7.89. The van der Waals surface area contributed by atoms with Crippen LogP contribution in [-0.2, 0) is 10.0 Å². The fraction of sp³-hybridized carbons (Fsp3) is 0.500. The summed E-state index contributed by atoms with van der Waals surface area (Å²) in [6.45, 7) is 2.06. The highest BCUT2D eigenvalue weighted by Crippen LogP contribution is 2.27. The molecule has 18 heavy (non-hydrogen) atoms. The summed E-state index contributed by atoms with van der Waals surface area (Å²) < 4.78 is 26.8. The Morgan fingerprint density at radius 2 is 2.11 bits per heavy atom. The first kappa shape index (κ1) is 13.3. The molecule has 0 saturated heterocycles. The number of anilines is 1. The van der Waals surface area contributed by atoms with E-state index in [1.165, 1.54) is 0 Å². The lowest BCUT2D eigenvalue weighted by atomic mass is 9.83. The molecule has 4 N–H and O–H groups in total. The SMILES string of the molecule is Cc1c(N)cccc1S(=O)(=O)NCC1CC(O)C1. The van der Waals surface area contributed by atoms with Gasteiger partial charge >= 0.3 is 0 Å². The molecule has 0 aliphatic heterocycles. The highest BCUT2D eigenvalue weighted by atomic mass is 32.2. The Bertz CT molecular complexity index is 536. The molecule has 1 aliphatic rings. The number of nitrogens with one attached hydrogen (secondary N) is 1. The van der Waals surface area contributed by atoms with E-state index in [9.17, 15) is 8.42 Å². The summed E-state index contributed by atoms with van der Waals surface area (Å²) in [6, 6.07) is 4.85. The minimum Gasteiger partial charge on any atom is -0.398 e. The fourth-order valence-electron chi connectivity index (χ4n) is 2.10. The van der Waals surface area contributed by atoms with E-state index in [0.29, 0.717) is 30.6 Å². The maximum Gasteiger partial charge on any atom is 0.240 e. The Labute approximate surface area is 107 Å². The molecule has 100 valence electrons. The minimum atomic E-state index is -3.51. The average Bonchev–Trinajstić information content (AvgIpc) is 2.26. The van der Waals surface area contributed by atoms with Crippen molar-refractivity contribution in [1.29, 1.82) is 0 Å². The largest absolute Gasteiger partial charge is 0.398 e. The molecule has 0 aromatic heterocycles. The first-order valence-electron chi connectivity index (χ1n) is 5.93. The maximum atomic E-state index is 12.1. The highest BCUT2D eigenvalue weighted by Gasteiger charge is 2.28. The zero-order valence-corrected chi connectivity index (χ0v) is 11.1. The van der Waals surface area contributed by atoms with Crippen molar-refractivity contribution in [3.63, 3.8) is 0 Å². The van der Waals surface area contributed by atoms with Crippen molar-refractivity contribution >= 4 is 15.7 Å². The monoisotopic (exact) mass is 270 g/mol. The Kier molecular flexibility index (Phi) is 3.61. The van der Waals surface area contributed by atoms with Crippen molar-refractivity contribution in [2.45, 2.75) is 30.8 Å². The van der Waals surface area contributed by atoms with E-state index in [1.54, 1.807) is 25.1 Å². The minimum absolute atomic E-state index is 0.224. The molecule has 2 rings (SSSR count). The van der Waals surface area contributed by atoms with Crippen LogP contribution in [0.1, 0.15) is 18.4 Å². The molecule has 0 unspecified atom stereocenters. The first-order chi connectivity index (χ1) is 8.40. The summed E-state index contributed by atoms with van der Waals surface area (Å²) in [6.07, 6.45) is 1.06. The number of benzene rings is 1. The van der Waals surface area contributed by atoms with Crippen LogP contribution in [0.25, 0.3) is 0 Å². The number of nitrogens with two attached hydrogens (primary N) is 1. The second-order valence-corrected chi connectivity index (χ2v) is 6.55. The van der Waals surface area contributed by atoms with Gasteiger partial charge in [0.2, 0.25) is 10.0 Å². The van der Waals surface area contributed by atoms with Gasteiger partial charge in [-0.1, -0.05) is 6.07 Å². The Morgan fingerprint density at radius 1 is 1.44 bits per heavy atom. The van der Waals surface area contributed by atoms with E-state index in [2.05, 4.69) is 4.72 Å². The Morgan fingerprint density at radius 3 is 2.72 bits per heavy atom. The summed E-state index contributed by atoms with van der Waals surface area (Å²) >= 11 is 0. The Balaban J connectivity index is 2.08. The quantitative estimate of drug-likeness (QED) is 0.700. The molecule has 1 aromatic carbocycles. The number of aliphatic hydroxyl groups excluding tert-OH is 1. The molecule has 1 aliphatic carbocycles. The van der Waals surface area contributed by atoms with Crippen LogP contribution in [0, 0.1) is 12.8 Å². The zero-order valence-electron chi connectivity index (χ0n) is 10.3. The molecule has 0 bridgehead atoms. The fourth-order valence-corrected chi connectivity index (χ4v) is 3.48. The third kappa shape index (κ3) is 2.66.